The molecule has 1 unspecified atom stereocenters. The SMILES string of the molecule is CCNC1CC2(CCSCC2)Oc2ccc(C)cc21. The summed E-state index contributed by atoms with van der Waals surface area (Å²) in [6.07, 6.45) is 3.50. The van der Waals surface area contributed by atoms with Crippen molar-refractivity contribution in [2.45, 2.75) is 44.8 Å². The number of aryl methyl sites for hydroxylation is 1. The molecule has 1 fully saturated rings. The molecular weight excluding hydrogens is 254 g/mol. The Balaban J connectivity index is 1.94. The Labute approximate surface area is 120 Å². The first-order valence-electron chi connectivity index (χ1n) is 7.33. The molecule has 2 nitrogen and oxygen atoms in total. The summed E-state index contributed by atoms with van der Waals surface area (Å²) >= 11 is 2.06. The lowest BCUT2D eigenvalue weighted by atomic mass is 9.83. The molecule has 1 saturated heterocycles. The van der Waals surface area contributed by atoms with Gasteiger partial charge in [0.05, 0.1) is 0 Å². The summed E-state index contributed by atoms with van der Waals surface area (Å²) < 4.78 is 6.44. The Morgan fingerprint density at radius 3 is 2.89 bits per heavy atom. The molecule has 1 aromatic rings. The van der Waals surface area contributed by atoms with Gasteiger partial charge in [0.25, 0.3) is 0 Å². The largest absolute Gasteiger partial charge is 0.487 e. The van der Waals surface area contributed by atoms with Crippen LogP contribution in [0.25, 0.3) is 0 Å². The lowest BCUT2D eigenvalue weighted by molar-refractivity contribution is 0.0228. The average Bonchev–Trinajstić information content (AvgIpc) is 2.41. The van der Waals surface area contributed by atoms with Gasteiger partial charge in [0, 0.05) is 18.0 Å². The van der Waals surface area contributed by atoms with E-state index in [-0.39, 0.29) is 5.60 Å². The monoisotopic (exact) mass is 277 g/mol. The van der Waals surface area contributed by atoms with E-state index in [0.29, 0.717) is 6.04 Å². The van der Waals surface area contributed by atoms with Crippen molar-refractivity contribution in [2.75, 3.05) is 18.1 Å². The van der Waals surface area contributed by atoms with Gasteiger partial charge in [-0.2, -0.15) is 11.8 Å². The summed E-state index contributed by atoms with van der Waals surface area (Å²) in [7, 11) is 0. The predicted molar refractivity (Wildman–Crippen MR) is 82.1 cm³/mol. The van der Waals surface area contributed by atoms with Crippen molar-refractivity contribution in [3.05, 3.63) is 29.3 Å². The third-order valence-corrected chi connectivity index (χ3v) is 5.28. The van der Waals surface area contributed by atoms with Crippen molar-refractivity contribution in [3.63, 3.8) is 0 Å². The Bertz CT molecular complexity index is 454. The highest BCUT2D eigenvalue weighted by Crippen LogP contribution is 2.45. The number of thioether (sulfide) groups is 1. The molecule has 0 aliphatic carbocycles. The van der Waals surface area contributed by atoms with Crippen LogP contribution < -0.4 is 10.1 Å². The Hall–Kier alpha value is -0.670. The molecule has 104 valence electrons. The number of nitrogens with one attached hydrogen (secondary N) is 1. The van der Waals surface area contributed by atoms with Crippen molar-refractivity contribution < 1.29 is 4.74 Å². The van der Waals surface area contributed by atoms with Gasteiger partial charge >= 0.3 is 0 Å². The second kappa shape index (κ2) is 5.37. The van der Waals surface area contributed by atoms with E-state index in [1.54, 1.807) is 0 Å². The third kappa shape index (κ3) is 2.63. The van der Waals surface area contributed by atoms with Gasteiger partial charge in [0.1, 0.15) is 11.4 Å². The van der Waals surface area contributed by atoms with Crippen molar-refractivity contribution in [1.29, 1.82) is 0 Å². The number of hydrogen-bond donors (Lipinski definition) is 1. The van der Waals surface area contributed by atoms with Crippen LogP contribution in [0.3, 0.4) is 0 Å². The third-order valence-electron chi connectivity index (χ3n) is 4.30. The van der Waals surface area contributed by atoms with E-state index in [0.717, 1.165) is 18.7 Å². The van der Waals surface area contributed by atoms with Crippen LogP contribution in [-0.4, -0.2) is 23.7 Å². The second-order valence-electron chi connectivity index (χ2n) is 5.75. The van der Waals surface area contributed by atoms with Crippen molar-refractivity contribution in [2.24, 2.45) is 0 Å². The molecule has 3 heteroatoms. The van der Waals surface area contributed by atoms with Crippen LogP contribution in [0.15, 0.2) is 18.2 Å². The summed E-state index contributed by atoms with van der Waals surface area (Å²) in [5.41, 5.74) is 2.76. The highest BCUT2D eigenvalue weighted by molar-refractivity contribution is 7.99. The molecule has 19 heavy (non-hydrogen) atoms. The van der Waals surface area contributed by atoms with Gasteiger partial charge in [0.2, 0.25) is 0 Å². The van der Waals surface area contributed by atoms with E-state index >= 15 is 0 Å². The lowest BCUT2D eigenvalue weighted by Crippen LogP contribution is -2.46. The minimum Gasteiger partial charge on any atom is -0.487 e. The summed E-state index contributed by atoms with van der Waals surface area (Å²) in [6.45, 7) is 5.36. The van der Waals surface area contributed by atoms with Crippen molar-refractivity contribution >= 4 is 11.8 Å². The molecule has 1 aromatic carbocycles. The Morgan fingerprint density at radius 2 is 2.16 bits per heavy atom. The van der Waals surface area contributed by atoms with Crippen LogP contribution in [0.5, 0.6) is 5.75 Å². The highest BCUT2D eigenvalue weighted by atomic mass is 32.2. The molecule has 3 rings (SSSR count). The first-order chi connectivity index (χ1) is 9.22. The van der Waals surface area contributed by atoms with Crippen LogP contribution in [0.2, 0.25) is 0 Å². The minimum absolute atomic E-state index is 0.0837. The van der Waals surface area contributed by atoms with E-state index in [2.05, 4.69) is 49.1 Å². The fraction of sp³-hybridized carbons (Fsp3) is 0.625. The van der Waals surface area contributed by atoms with Gasteiger partial charge in [-0.3, -0.25) is 0 Å². The Kier molecular flexibility index (Phi) is 3.77. The predicted octanol–water partition coefficient (Wildman–Crippen LogP) is 3.69. The first-order valence-corrected chi connectivity index (χ1v) is 8.49. The highest BCUT2D eigenvalue weighted by Gasteiger charge is 2.41. The first kappa shape index (κ1) is 13.3. The molecule has 0 saturated carbocycles. The van der Waals surface area contributed by atoms with E-state index in [4.69, 9.17) is 4.74 Å². The minimum atomic E-state index is 0.0837. The van der Waals surface area contributed by atoms with Gasteiger partial charge in [-0.1, -0.05) is 24.6 Å². The normalized spacial score (nSPS) is 24.8. The molecule has 0 aromatic heterocycles. The fourth-order valence-corrected chi connectivity index (χ4v) is 4.50. The smallest absolute Gasteiger partial charge is 0.124 e. The van der Waals surface area contributed by atoms with E-state index in [1.165, 1.54) is 35.5 Å². The zero-order chi connectivity index (χ0) is 13.3. The summed E-state index contributed by atoms with van der Waals surface area (Å²) in [6, 6.07) is 7.07. The lowest BCUT2D eigenvalue weighted by Gasteiger charge is -2.44. The molecule has 1 N–H and O–H groups in total. The summed E-state index contributed by atoms with van der Waals surface area (Å²) in [5.74, 6) is 3.58. The van der Waals surface area contributed by atoms with Crippen molar-refractivity contribution in [1.82, 2.24) is 5.32 Å². The molecule has 2 heterocycles. The quantitative estimate of drug-likeness (QED) is 0.890. The Morgan fingerprint density at radius 1 is 1.37 bits per heavy atom. The number of hydrogen-bond acceptors (Lipinski definition) is 3. The number of fused-ring (bicyclic) bond motifs is 1. The number of benzene rings is 1. The van der Waals surface area contributed by atoms with Crippen LogP contribution >= 0.6 is 11.8 Å². The maximum atomic E-state index is 6.44. The van der Waals surface area contributed by atoms with Gasteiger partial charge in [0.15, 0.2) is 0 Å². The summed E-state index contributed by atoms with van der Waals surface area (Å²) in [5, 5.41) is 3.65. The molecule has 1 spiro atoms. The topological polar surface area (TPSA) is 21.3 Å². The van der Waals surface area contributed by atoms with Gasteiger partial charge in [-0.05, 0) is 43.9 Å². The number of ether oxygens (including phenoxy) is 1. The van der Waals surface area contributed by atoms with Crippen LogP contribution in [0.4, 0.5) is 0 Å². The average molecular weight is 277 g/mol. The molecule has 1 atom stereocenters. The van der Waals surface area contributed by atoms with E-state index < -0.39 is 0 Å². The van der Waals surface area contributed by atoms with Crippen LogP contribution in [-0.2, 0) is 0 Å². The van der Waals surface area contributed by atoms with Gasteiger partial charge in [-0.15, -0.1) is 0 Å². The molecule has 0 radical (unpaired) electrons. The second-order valence-corrected chi connectivity index (χ2v) is 6.98. The van der Waals surface area contributed by atoms with Crippen molar-refractivity contribution in [3.8, 4) is 5.75 Å². The summed E-state index contributed by atoms with van der Waals surface area (Å²) in [4.78, 5) is 0. The molecule has 0 amide bonds. The molecule has 2 aliphatic heterocycles. The van der Waals surface area contributed by atoms with E-state index in [9.17, 15) is 0 Å². The van der Waals surface area contributed by atoms with E-state index in [1.807, 2.05) is 0 Å². The maximum Gasteiger partial charge on any atom is 0.124 e. The standard InChI is InChI=1S/C16H23NOS/c1-3-17-14-11-16(6-8-19-9-7-16)18-15-5-4-12(2)10-13(14)15/h4-5,10,14,17H,3,6-9,11H2,1-2H3. The fourth-order valence-electron chi connectivity index (χ4n) is 3.27. The van der Waals surface area contributed by atoms with Gasteiger partial charge < -0.3 is 10.1 Å². The van der Waals surface area contributed by atoms with Crippen LogP contribution in [0, 0.1) is 6.92 Å². The maximum absolute atomic E-state index is 6.44. The zero-order valence-corrected chi connectivity index (χ0v) is 12.7. The number of rotatable bonds is 2. The van der Waals surface area contributed by atoms with Crippen LogP contribution in [0.1, 0.15) is 43.4 Å². The zero-order valence-electron chi connectivity index (χ0n) is 11.9. The molecular formula is C16H23NOS. The molecule has 2 aliphatic rings. The van der Waals surface area contributed by atoms with Gasteiger partial charge in [-0.25, -0.2) is 0 Å². The molecule has 0 bridgehead atoms.